The summed E-state index contributed by atoms with van der Waals surface area (Å²) < 4.78 is 47.3. The Morgan fingerprint density at radius 3 is 2.28 bits per heavy atom. The number of hydrogen-bond acceptors (Lipinski definition) is 5. The molecule has 0 fully saturated rings. The van der Waals surface area contributed by atoms with Crippen LogP contribution >= 0.6 is 0 Å². The summed E-state index contributed by atoms with van der Waals surface area (Å²) in [6.07, 6.45) is 0. The van der Waals surface area contributed by atoms with Gasteiger partial charge in [0, 0.05) is 37.1 Å². The maximum atomic E-state index is 14.2. The van der Waals surface area contributed by atoms with Crippen LogP contribution < -0.4 is 0 Å². The summed E-state index contributed by atoms with van der Waals surface area (Å²) in [5.74, 6) is -2.24. The molecule has 7 nitrogen and oxygen atoms in total. The van der Waals surface area contributed by atoms with Crippen molar-refractivity contribution in [3.8, 4) is 0 Å². The molecule has 1 heterocycles. The summed E-state index contributed by atoms with van der Waals surface area (Å²) in [6, 6.07) is 4.67. The Hall–Kier alpha value is -2.52. The molecule has 0 N–H and O–H groups in total. The van der Waals surface area contributed by atoms with Gasteiger partial charge in [-0.1, -0.05) is 13.8 Å². The Morgan fingerprint density at radius 1 is 1.14 bits per heavy atom. The molecular weight excluding hydrogens is 399 g/mol. The second-order valence-corrected chi connectivity index (χ2v) is 8.48. The molecule has 1 aromatic heterocycles. The van der Waals surface area contributed by atoms with E-state index in [2.05, 4.69) is 0 Å². The van der Waals surface area contributed by atoms with Gasteiger partial charge in [-0.05, 0) is 38.1 Å². The predicted molar refractivity (Wildman–Crippen MR) is 106 cm³/mol. The highest BCUT2D eigenvalue weighted by molar-refractivity contribution is 7.89. The number of nitrogens with zero attached hydrogens (tertiary/aromatic N) is 2. The first-order valence-electron chi connectivity index (χ1n) is 9.17. The fraction of sp³-hybridized carbons (Fsp3) is 0.400. The molecular formula is C20H25FN2O5S. The highest BCUT2D eigenvalue weighted by Crippen LogP contribution is 2.21. The monoisotopic (exact) mass is 424 g/mol. The average Bonchev–Trinajstić information content (AvgIpc) is 2.94. The van der Waals surface area contributed by atoms with Gasteiger partial charge in [0.2, 0.25) is 15.8 Å². The standard InChI is InChI=1S/C20H25FN2O5S/c1-6-23(7-2)29(26,27)19-11-15(8-9-17(19)21)20(25)28-12-18(24)16-10-13(3)22(5)14(16)4/h8-11H,6-7,12H2,1-5H3. The molecule has 0 saturated carbocycles. The first-order chi connectivity index (χ1) is 13.5. The van der Waals surface area contributed by atoms with Crippen molar-refractivity contribution in [2.24, 2.45) is 7.05 Å². The van der Waals surface area contributed by atoms with Crippen LogP contribution in [0.25, 0.3) is 0 Å². The summed E-state index contributed by atoms with van der Waals surface area (Å²) in [7, 11) is -2.27. The highest BCUT2D eigenvalue weighted by atomic mass is 32.2. The molecule has 0 bridgehead atoms. The van der Waals surface area contributed by atoms with E-state index in [1.807, 2.05) is 18.5 Å². The topological polar surface area (TPSA) is 85.7 Å². The zero-order chi connectivity index (χ0) is 21.9. The van der Waals surface area contributed by atoms with E-state index in [0.717, 1.165) is 33.9 Å². The smallest absolute Gasteiger partial charge is 0.338 e. The van der Waals surface area contributed by atoms with Crippen LogP contribution in [-0.2, 0) is 21.8 Å². The Morgan fingerprint density at radius 2 is 1.76 bits per heavy atom. The number of benzene rings is 1. The van der Waals surface area contributed by atoms with Crippen LogP contribution in [0.5, 0.6) is 0 Å². The molecule has 0 aliphatic heterocycles. The molecule has 2 aromatic rings. The number of rotatable bonds is 8. The molecule has 0 unspecified atom stereocenters. The number of esters is 1. The van der Waals surface area contributed by atoms with Crippen LogP contribution in [0.2, 0.25) is 0 Å². The summed E-state index contributed by atoms with van der Waals surface area (Å²) in [4.78, 5) is 24.1. The summed E-state index contributed by atoms with van der Waals surface area (Å²) in [5, 5.41) is 0. The van der Waals surface area contributed by atoms with Crippen LogP contribution in [-0.4, -0.2) is 48.7 Å². The van der Waals surface area contributed by atoms with Gasteiger partial charge in [-0.2, -0.15) is 4.31 Å². The summed E-state index contributed by atoms with van der Waals surface area (Å²) in [5.41, 5.74) is 1.94. The fourth-order valence-corrected chi connectivity index (χ4v) is 4.51. The van der Waals surface area contributed by atoms with E-state index in [1.165, 1.54) is 0 Å². The van der Waals surface area contributed by atoms with E-state index < -0.39 is 33.3 Å². The van der Waals surface area contributed by atoms with Crippen molar-refractivity contribution in [3.63, 3.8) is 0 Å². The minimum atomic E-state index is -4.09. The quantitative estimate of drug-likeness (QED) is 0.481. The number of carbonyl (C=O) groups is 2. The number of aromatic nitrogens is 1. The van der Waals surface area contributed by atoms with Crippen LogP contribution in [0.1, 0.15) is 46.0 Å². The molecule has 29 heavy (non-hydrogen) atoms. The second-order valence-electron chi connectivity index (χ2n) is 6.58. The SMILES string of the molecule is CCN(CC)S(=O)(=O)c1cc(C(=O)OCC(=O)c2cc(C)n(C)c2C)ccc1F. The van der Waals surface area contributed by atoms with Crippen molar-refractivity contribution in [1.82, 2.24) is 8.87 Å². The zero-order valence-electron chi connectivity index (χ0n) is 17.2. The highest BCUT2D eigenvalue weighted by Gasteiger charge is 2.27. The van der Waals surface area contributed by atoms with Crippen LogP contribution in [0.4, 0.5) is 4.39 Å². The van der Waals surface area contributed by atoms with Gasteiger partial charge in [-0.15, -0.1) is 0 Å². The van der Waals surface area contributed by atoms with E-state index >= 15 is 0 Å². The van der Waals surface area contributed by atoms with Crippen molar-refractivity contribution in [3.05, 3.63) is 52.6 Å². The number of aryl methyl sites for hydroxylation is 1. The number of sulfonamides is 1. The normalized spacial score (nSPS) is 11.7. The van der Waals surface area contributed by atoms with Gasteiger partial charge in [0.1, 0.15) is 10.7 Å². The van der Waals surface area contributed by atoms with E-state index in [9.17, 15) is 22.4 Å². The molecule has 0 aliphatic rings. The van der Waals surface area contributed by atoms with Gasteiger partial charge >= 0.3 is 5.97 Å². The molecule has 2 rings (SSSR count). The molecule has 0 atom stereocenters. The van der Waals surface area contributed by atoms with Gasteiger partial charge in [0.05, 0.1) is 5.56 Å². The van der Waals surface area contributed by atoms with Crippen LogP contribution in [0.15, 0.2) is 29.2 Å². The van der Waals surface area contributed by atoms with Crippen LogP contribution in [0, 0.1) is 19.7 Å². The minimum Gasteiger partial charge on any atom is -0.454 e. The van der Waals surface area contributed by atoms with E-state index in [0.29, 0.717) is 5.56 Å². The first kappa shape index (κ1) is 22.8. The van der Waals surface area contributed by atoms with E-state index in [4.69, 9.17) is 4.74 Å². The number of halogens is 1. The van der Waals surface area contributed by atoms with Crippen molar-refractivity contribution < 1.29 is 27.1 Å². The largest absolute Gasteiger partial charge is 0.454 e. The van der Waals surface area contributed by atoms with Gasteiger partial charge < -0.3 is 9.30 Å². The lowest BCUT2D eigenvalue weighted by atomic mass is 10.1. The molecule has 158 valence electrons. The second kappa shape index (κ2) is 8.87. The Kier molecular flexibility index (Phi) is 6.97. The summed E-state index contributed by atoms with van der Waals surface area (Å²) in [6.45, 7) is 6.73. The third kappa shape index (κ3) is 4.56. The van der Waals surface area contributed by atoms with Gasteiger partial charge in [0.15, 0.2) is 6.61 Å². The number of ketones is 1. The lowest BCUT2D eigenvalue weighted by Crippen LogP contribution is -2.31. The van der Waals surface area contributed by atoms with Crippen molar-refractivity contribution in [2.75, 3.05) is 19.7 Å². The molecule has 0 spiro atoms. The van der Waals surface area contributed by atoms with Crippen LogP contribution in [0.3, 0.4) is 0 Å². The van der Waals surface area contributed by atoms with E-state index in [-0.39, 0.29) is 24.4 Å². The average molecular weight is 424 g/mol. The van der Waals surface area contributed by atoms with E-state index in [1.54, 1.807) is 26.8 Å². The number of ether oxygens (including phenoxy) is 1. The maximum Gasteiger partial charge on any atom is 0.338 e. The van der Waals surface area contributed by atoms with Crippen molar-refractivity contribution in [2.45, 2.75) is 32.6 Å². The Bertz CT molecular complexity index is 1040. The third-order valence-corrected chi connectivity index (χ3v) is 6.96. The number of carbonyl (C=O) groups excluding carboxylic acids is 2. The first-order valence-corrected chi connectivity index (χ1v) is 10.6. The Balaban J connectivity index is 2.22. The molecule has 0 aliphatic carbocycles. The zero-order valence-corrected chi connectivity index (χ0v) is 18.0. The lowest BCUT2D eigenvalue weighted by molar-refractivity contribution is 0.0474. The van der Waals surface area contributed by atoms with Gasteiger partial charge in [-0.3, -0.25) is 4.79 Å². The fourth-order valence-electron chi connectivity index (χ4n) is 2.96. The Labute approximate surface area is 170 Å². The lowest BCUT2D eigenvalue weighted by Gasteiger charge is -2.19. The number of hydrogen-bond donors (Lipinski definition) is 0. The molecule has 1 aromatic carbocycles. The third-order valence-electron chi connectivity index (χ3n) is 4.90. The molecule has 0 saturated heterocycles. The number of Topliss-reactive ketones (excluding diaryl/α,β-unsaturated/α-hetero) is 1. The minimum absolute atomic E-state index is 0.147. The van der Waals surface area contributed by atoms with Crippen molar-refractivity contribution >= 4 is 21.8 Å². The maximum absolute atomic E-state index is 14.2. The van der Waals surface area contributed by atoms with Gasteiger partial charge in [-0.25, -0.2) is 17.6 Å². The van der Waals surface area contributed by atoms with Crippen molar-refractivity contribution in [1.29, 1.82) is 0 Å². The predicted octanol–water partition coefficient (Wildman–Crippen LogP) is 2.85. The molecule has 0 amide bonds. The molecule has 9 heteroatoms. The van der Waals surface area contributed by atoms with Gasteiger partial charge in [0.25, 0.3) is 0 Å². The molecule has 0 radical (unpaired) electrons. The summed E-state index contributed by atoms with van der Waals surface area (Å²) >= 11 is 0.